The molecular formula is C19H11ClO. The monoisotopic (exact) mass is 290 g/mol. The van der Waals surface area contributed by atoms with E-state index in [-0.39, 0.29) is 5.43 Å². The summed E-state index contributed by atoms with van der Waals surface area (Å²) in [6.45, 7) is 0. The Hall–Kier alpha value is -2.38. The Kier molecular flexibility index (Phi) is 2.69. The van der Waals surface area contributed by atoms with Crippen molar-refractivity contribution in [2.24, 2.45) is 0 Å². The van der Waals surface area contributed by atoms with Gasteiger partial charge in [-0.05, 0) is 34.5 Å². The molecule has 4 aromatic rings. The molecule has 0 N–H and O–H groups in total. The molecule has 0 fully saturated rings. The second-order valence-corrected chi connectivity index (χ2v) is 5.58. The lowest BCUT2D eigenvalue weighted by molar-refractivity contribution is 1.61. The van der Waals surface area contributed by atoms with Crippen LogP contribution >= 0.6 is 11.6 Å². The van der Waals surface area contributed by atoms with Gasteiger partial charge >= 0.3 is 0 Å². The molecule has 0 aliphatic rings. The van der Waals surface area contributed by atoms with Crippen molar-refractivity contribution in [2.75, 3.05) is 0 Å². The minimum absolute atomic E-state index is 0.0942. The maximum Gasteiger partial charge on any atom is 0.194 e. The average Bonchev–Trinajstić information content (AvgIpc) is 2.78. The fraction of sp³-hybridized carbons (Fsp3) is 0. The average molecular weight is 291 g/mol. The van der Waals surface area contributed by atoms with Crippen LogP contribution in [0.3, 0.4) is 0 Å². The summed E-state index contributed by atoms with van der Waals surface area (Å²) in [6.07, 6.45) is 1.94. The molecule has 0 radical (unpaired) electrons. The van der Waals surface area contributed by atoms with E-state index in [4.69, 9.17) is 11.6 Å². The predicted octanol–water partition coefficient (Wildman–Crippen LogP) is 3.99. The molecule has 0 saturated carbocycles. The van der Waals surface area contributed by atoms with E-state index in [9.17, 15) is 4.79 Å². The molecule has 1 nitrogen and oxygen atoms in total. The fourth-order valence-electron chi connectivity index (χ4n) is 2.89. The summed E-state index contributed by atoms with van der Waals surface area (Å²) in [4.78, 5) is 12.7. The molecule has 0 saturated heterocycles. The van der Waals surface area contributed by atoms with Crippen LogP contribution in [0.25, 0.3) is 27.6 Å². The van der Waals surface area contributed by atoms with Crippen LogP contribution in [0.2, 0.25) is 5.02 Å². The molecule has 0 bridgehead atoms. The Balaban J connectivity index is 2.14. The summed E-state index contributed by atoms with van der Waals surface area (Å²) in [5, 5.41) is 5.43. The van der Waals surface area contributed by atoms with E-state index >= 15 is 0 Å². The van der Waals surface area contributed by atoms with Gasteiger partial charge in [0.25, 0.3) is 0 Å². The normalized spacial score (nSPS) is 12.5. The van der Waals surface area contributed by atoms with Crippen LogP contribution in [0.5, 0.6) is 0 Å². The van der Waals surface area contributed by atoms with Crippen molar-refractivity contribution in [1.29, 1.82) is 0 Å². The molecule has 0 atom stereocenters. The van der Waals surface area contributed by atoms with Gasteiger partial charge in [0.1, 0.15) is 0 Å². The Morgan fingerprint density at radius 3 is 2.19 bits per heavy atom. The molecule has 21 heavy (non-hydrogen) atoms. The lowest BCUT2D eigenvalue weighted by Gasteiger charge is -1.96. The number of hydrogen-bond donors (Lipinski definition) is 0. The summed E-state index contributed by atoms with van der Waals surface area (Å²) in [5.41, 5.74) is 1.07. The van der Waals surface area contributed by atoms with Gasteiger partial charge in [-0.1, -0.05) is 60.1 Å². The van der Waals surface area contributed by atoms with E-state index in [0.717, 1.165) is 32.3 Å². The molecule has 0 spiro atoms. The Bertz CT molecular complexity index is 1040. The van der Waals surface area contributed by atoms with Crippen molar-refractivity contribution in [3.8, 4) is 0 Å². The number of hydrogen-bond acceptors (Lipinski definition) is 1. The highest BCUT2D eigenvalue weighted by Crippen LogP contribution is 2.22. The van der Waals surface area contributed by atoms with Gasteiger partial charge in [-0.15, -0.1) is 0 Å². The van der Waals surface area contributed by atoms with Crippen molar-refractivity contribution in [3.05, 3.63) is 86.7 Å². The van der Waals surface area contributed by atoms with Crippen LogP contribution in [0, 0.1) is 0 Å². The number of halogens is 1. The minimum atomic E-state index is 0.0942. The zero-order valence-corrected chi connectivity index (χ0v) is 11.9. The molecule has 0 aliphatic heterocycles. The van der Waals surface area contributed by atoms with E-state index in [1.54, 1.807) is 0 Å². The zero-order chi connectivity index (χ0) is 14.4. The maximum atomic E-state index is 12.7. The van der Waals surface area contributed by atoms with Crippen LogP contribution in [0.4, 0.5) is 0 Å². The molecule has 2 heteroatoms. The third-order valence-corrected chi connectivity index (χ3v) is 4.12. The minimum Gasteiger partial charge on any atom is -0.289 e. The van der Waals surface area contributed by atoms with E-state index in [2.05, 4.69) is 0 Å². The van der Waals surface area contributed by atoms with Gasteiger partial charge in [-0.25, -0.2) is 0 Å². The molecule has 100 valence electrons. The largest absolute Gasteiger partial charge is 0.289 e. The van der Waals surface area contributed by atoms with Crippen LogP contribution in [-0.4, -0.2) is 0 Å². The quantitative estimate of drug-likeness (QED) is 0.518. The lowest BCUT2D eigenvalue weighted by atomic mass is 10.1. The molecule has 0 heterocycles. The smallest absolute Gasteiger partial charge is 0.194 e. The van der Waals surface area contributed by atoms with Crippen molar-refractivity contribution >= 4 is 39.2 Å². The lowest BCUT2D eigenvalue weighted by Crippen LogP contribution is -2.19. The summed E-state index contributed by atoms with van der Waals surface area (Å²) in [7, 11) is 0. The van der Waals surface area contributed by atoms with Crippen molar-refractivity contribution < 1.29 is 0 Å². The van der Waals surface area contributed by atoms with Crippen LogP contribution < -0.4 is 10.6 Å². The first-order chi connectivity index (χ1) is 10.2. The molecule has 0 unspecified atom stereocenters. The summed E-state index contributed by atoms with van der Waals surface area (Å²) >= 11 is 5.91. The van der Waals surface area contributed by atoms with Gasteiger partial charge in [0, 0.05) is 21.0 Å². The number of rotatable bonds is 1. The molecule has 0 amide bonds. The highest BCUT2D eigenvalue weighted by molar-refractivity contribution is 6.30. The van der Waals surface area contributed by atoms with Crippen LogP contribution in [0.1, 0.15) is 5.56 Å². The highest BCUT2D eigenvalue weighted by Gasteiger charge is 2.10. The number of benzene rings is 3. The molecule has 4 rings (SSSR count). The second kappa shape index (κ2) is 4.57. The SMILES string of the molecule is O=c1/c(=C/c2ccc(Cl)cc2)c2cccc3cccc1c32. The maximum absolute atomic E-state index is 12.7. The third-order valence-electron chi connectivity index (χ3n) is 3.87. The van der Waals surface area contributed by atoms with Gasteiger partial charge in [0.2, 0.25) is 0 Å². The fourth-order valence-corrected chi connectivity index (χ4v) is 3.02. The first-order valence-electron chi connectivity index (χ1n) is 6.78. The summed E-state index contributed by atoms with van der Waals surface area (Å²) < 4.78 is 0. The van der Waals surface area contributed by atoms with Gasteiger partial charge in [0.15, 0.2) is 5.43 Å². The predicted molar refractivity (Wildman–Crippen MR) is 89.1 cm³/mol. The van der Waals surface area contributed by atoms with E-state index < -0.39 is 0 Å². The highest BCUT2D eigenvalue weighted by atomic mass is 35.5. The first kappa shape index (κ1) is 12.4. The first-order valence-corrected chi connectivity index (χ1v) is 7.16. The van der Waals surface area contributed by atoms with Crippen molar-refractivity contribution in [2.45, 2.75) is 0 Å². The van der Waals surface area contributed by atoms with Gasteiger partial charge in [0.05, 0.1) is 0 Å². The van der Waals surface area contributed by atoms with Crippen molar-refractivity contribution in [1.82, 2.24) is 0 Å². The Morgan fingerprint density at radius 2 is 1.48 bits per heavy atom. The van der Waals surface area contributed by atoms with Gasteiger partial charge in [-0.3, -0.25) is 4.79 Å². The molecule has 0 aromatic heterocycles. The summed E-state index contributed by atoms with van der Waals surface area (Å²) in [6, 6.07) is 19.4. The Labute approximate surface area is 126 Å². The van der Waals surface area contributed by atoms with E-state index in [1.807, 2.05) is 66.7 Å². The second-order valence-electron chi connectivity index (χ2n) is 5.15. The topological polar surface area (TPSA) is 17.1 Å². The van der Waals surface area contributed by atoms with E-state index in [1.165, 1.54) is 0 Å². The van der Waals surface area contributed by atoms with Crippen molar-refractivity contribution in [3.63, 3.8) is 0 Å². The third kappa shape index (κ3) is 1.90. The van der Waals surface area contributed by atoms with Gasteiger partial charge < -0.3 is 0 Å². The van der Waals surface area contributed by atoms with Crippen LogP contribution in [-0.2, 0) is 0 Å². The summed E-state index contributed by atoms with van der Waals surface area (Å²) in [5.74, 6) is 0. The molecular weight excluding hydrogens is 280 g/mol. The zero-order valence-electron chi connectivity index (χ0n) is 11.1. The molecule has 0 aliphatic carbocycles. The molecule has 4 aromatic carbocycles. The standard InChI is InChI=1S/C19H11ClO/c20-14-9-7-12(8-10-14)11-17-15-5-1-3-13-4-2-6-16(18(13)15)19(17)21/h1-11H/b17-11+. The van der Waals surface area contributed by atoms with E-state index in [0.29, 0.717) is 5.02 Å². The Morgan fingerprint density at radius 1 is 0.810 bits per heavy atom. The van der Waals surface area contributed by atoms with Crippen LogP contribution in [0.15, 0.2) is 65.5 Å². The van der Waals surface area contributed by atoms with Gasteiger partial charge in [-0.2, -0.15) is 0 Å².